The van der Waals surface area contributed by atoms with Gasteiger partial charge in [-0.3, -0.25) is 20.4 Å². The minimum atomic E-state index is -0.402. The van der Waals surface area contributed by atoms with E-state index in [9.17, 15) is 9.59 Å². The lowest BCUT2D eigenvalue weighted by Gasteiger charge is -2.04. The lowest BCUT2D eigenvalue weighted by Crippen LogP contribution is -2.41. The van der Waals surface area contributed by atoms with Crippen LogP contribution in [0, 0.1) is 0 Å². The van der Waals surface area contributed by atoms with Gasteiger partial charge < -0.3 is 4.98 Å². The number of aromatic nitrogens is 2. The summed E-state index contributed by atoms with van der Waals surface area (Å²) in [5.41, 5.74) is 6.11. The van der Waals surface area contributed by atoms with Crippen molar-refractivity contribution in [1.82, 2.24) is 20.8 Å². The molecular formula is C17H12N4O2S2. The molecule has 3 N–H and O–H groups in total. The highest BCUT2D eigenvalue weighted by Gasteiger charge is 2.14. The fourth-order valence-electron chi connectivity index (χ4n) is 2.27. The van der Waals surface area contributed by atoms with Crippen molar-refractivity contribution in [3.05, 3.63) is 65.3 Å². The van der Waals surface area contributed by atoms with E-state index in [1.54, 1.807) is 35.7 Å². The van der Waals surface area contributed by atoms with Gasteiger partial charge in [0.1, 0.15) is 10.7 Å². The smallest absolute Gasteiger partial charge is 0.286 e. The summed E-state index contributed by atoms with van der Waals surface area (Å²) in [5, 5.41) is 0.876. The van der Waals surface area contributed by atoms with E-state index >= 15 is 0 Å². The van der Waals surface area contributed by atoms with Crippen LogP contribution >= 0.6 is 22.7 Å². The largest absolute Gasteiger partial charge is 0.357 e. The minimum Gasteiger partial charge on any atom is -0.357 e. The number of thiophene rings is 1. The molecule has 0 saturated heterocycles. The second-order valence-corrected chi connectivity index (χ2v) is 7.26. The Labute approximate surface area is 150 Å². The lowest BCUT2D eigenvalue weighted by atomic mass is 10.3. The van der Waals surface area contributed by atoms with Crippen molar-refractivity contribution < 1.29 is 9.59 Å². The van der Waals surface area contributed by atoms with Crippen LogP contribution in [0.25, 0.3) is 20.1 Å². The number of para-hydroxylation sites is 1. The first kappa shape index (κ1) is 15.6. The Morgan fingerprint density at radius 1 is 0.920 bits per heavy atom. The molecular weight excluding hydrogens is 356 g/mol. The summed E-state index contributed by atoms with van der Waals surface area (Å²) < 4.78 is 1.11. The molecule has 8 heteroatoms. The maximum Gasteiger partial charge on any atom is 0.286 e. The molecule has 0 saturated carbocycles. The molecule has 124 valence electrons. The maximum atomic E-state index is 12.2. The Balaban J connectivity index is 1.47. The number of hydrogen-bond donors (Lipinski definition) is 3. The van der Waals surface area contributed by atoms with Gasteiger partial charge in [-0.2, -0.15) is 0 Å². The monoisotopic (exact) mass is 368 g/mol. The third-order valence-electron chi connectivity index (χ3n) is 3.47. The summed E-state index contributed by atoms with van der Waals surface area (Å²) in [6.07, 6.45) is 1.64. The Kier molecular flexibility index (Phi) is 4.04. The zero-order valence-electron chi connectivity index (χ0n) is 12.8. The van der Waals surface area contributed by atoms with Crippen LogP contribution in [0.2, 0.25) is 0 Å². The second-order valence-electron chi connectivity index (χ2n) is 5.14. The predicted octanol–water partition coefficient (Wildman–Crippen LogP) is 3.43. The van der Waals surface area contributed by atoms with Gasteiger partial charge in [0.15, 0.2) is 0 Å². The normalized spacial score (nSPS) is 10.7. The average molecular weight is 368 g/mol. The van der Waals surface area contributed by atoms with Gasteiger partial charge in [-0.05, 0) is 36.4 Å². The van der Waals surface area contributed by atoms with E-state index in [0.29, 0.717) is 10.6 Å². The Hall–Kier alpha value is -2.97. The molecule has 2 amide bonds. The number of nitrogens with one attached hydrogen (secondary N) is 3. The van der Waals surface area contributed by atoms with Crippen LogP contribution < -0.4 is 10.9 Å². The first-order valence-corrected chi connectivity index (χ1v) is 9.04. The number of nitrogens with zero attached hydrogens (tertiary/aromatic N) is 1. The van der Waals surface area contributed by atoms with Crippen LogP contribution in [0.3, 0.4) is 0 Å². The third-order valence-corrected chi connectivity index (χ3v) is 5.76. The summed E-state index contributed by atoms with van der Waals surface area (Å²) in [6, 6.07) is 14.8. The predicted molar refractivity (Wildman–Crippen MR) is 98.7 cm³/mol. The van der Waals surface area contributed by atoms with Crippen molar-refractivity contribution in [3.63, 3.8) is 0 Å². The molecule has 0 aliphatic heterocycles. The van der Waals surface area contributed by atoms with Crippen molar-refractivity contribution in [1.29, 1.82) is 0 Å². The molecule has 6 nitrogen and oxygen atoms in total. The molecule has 3 heterocycles. The zero-order valence-corrected chi connectivity index (χ0v) is 14.4. The van der Waals surface area contributed by atoms with E-state index in [0.717, 1.165) is 20.1 Å². The summed E-state index contributed by atoms with van der Waals surface area (Å²) in [6.45, 7) is 0. The number of hydrazine groups is 1. The molecule has 25 heavy (non-hydrogen) atoms. The van der Waals surface area contributed by atoms with Crippen LogP contribution in [-0.4, -0.2) is 21.8 Å². The highest BCUT2D eigenvalue weighted by molar-refractivity contribution is 7.26. The number of aromatic amines is 1. The van der Waals surface area contributed by atoms with Gasteiger partial charge in [0, 0.05) is 6.20 Å². The quantitative estimate of drug-likeness (QED) is 0.484. The second kappa shape index (κ2) is 6.50. The minimum absolute atomic E-state index is 0.364. The highest BCUT2D eigenvalue weighted by atomic mass is 32.1. The fourth-order valence-corrected chi connectivity index (χ4v) is 4.19. The van der Waals surface area contributed by atoms with Crippen molar-refractivity contribution in [3.8, 4) is 9.88 Å². The number of carbonyl (C=O) groups is 2. The van der Waals surface area contributed by atoms with Gasteiger partial charge in [-0.1, -0.05) is 12.1 Å². The van der Waals surface area contributed by atoms with Crippen LogP contribution in [0.15, 0.2) is 54.7 Å². The SMILES string of the molecule is O=C(NNC(=O)c1ccc(-c2nc3ccccc3s2)s1)c1ccc[nH]1. The van der Waals surface area contributed by atoms with Crippen LogP contribution in [0.1, 0.15) is 20.2 Å². The van der Waals surface area contributed by atoms with Gasteiger partial charge in [-0.15, -0.1) is 22.7 Å². The Morgan fingerprint density at radius 2 is 1.76 bits per heavy atom. The van der Waals surface area contributed by atoms with Gasteiger partial charge >= 0.3 is 0 Å². The van der Waals surface area contributed by atoms with Gasteiger partial charge in [0.2, 0.25) is 0 Å². The standard InChI is InChI=1S/C17H12N4O2S2/c22-15(11-5-3-9-18-11)20-21-16(23)13-7-8-14(24-13)17-19-10-4-1-2-6-12(10)25-17/h1-9,18H,(H,20,22)(H,21,23). The molecule has 1 aromatic carbocycles. The average Bonchev–Trinajstić information content (AvgIpc) is 3.38. The van der Waals surface area contributed by atoms with Crippen LogP contribution in [0.4, 0.5) is 0 Å². The number of rotatable bonds is 3. The molecule has 0 aliphatic carbocycles. The van der Waals surface area contributed by atoms with Crippen molar-refractivity contribution >= 4 is 44.7 Å². The number of carbonyl (C=O) groups excluding carboxylic acids is 2. The summed E-state index contributed by atoms with van der Waals surface area (Å²) in [5.74, 6) is -0.765. The van der Waals surface area contributed by atoms with E-state index in [-0.39, 0.29) is 5.91 Å². The van der Waals surface area contributed by atoms with Crippen molar-refractivity contribution in [2.45, 2.75) is 0 Å². The molecule has 0 aliphatic rings. The fraction of sp³-hybridized carbons (Fsp3) is 0. The van der Waals surface area contributed by atoms with E-state index in [1.807, 2.05) is 30.3 Å². The summed E-state index contributed by atoms with van der Waals surface area (Å²) in [7, 11) is 0. The van der Waals surface area contributed by atoms with Gasteiger partial charge in [0.25, 0.3) is 11.8 Å². The molecule has 4 rings (SSSR count). The molecule has 0 radical (unpaired) electrons. The molecule has 0 spiro atoms. The Morgan fingerprint density at radius 3 is 2.56 bits per heavy atom. The Bertz CT molecular complexity index is 1020. The zero-order chi connectivity index (χ0) is 17.2. The van der Waals surface area contributed by atoms with E-state index in [2.05, 4.69) is 20.8 Å². The van der Waals surface area contributed by atoms with E-state index < -0.39 is 5.91 Å². The molecule has 4 aromatic rings. The number of benzene rings is 1. The van der Waals surface area contributed by atoms with E-state index in [4.69, 9.17) is 0 Å². The number of H-pyrrole nitrogens is 1. The van der Waals surface area contributed by atoms with Crippen LogP contribution in [0.5, 0.6) is 0 Å². The summed E-state index contributed by atoms with van der Waals surface area (Å²) in [4.78, 5) is 32.8. The molecule has 0 unspecified atom stereocenters. The third kappa shape index (κ3) is 3.17. The van der Waals surface area contributed by atoms with Gasteiger partial charge in [-0.25, -0.2) is 4.98 Å². The lowest BCUT2D eigenvalue weighted by molar-refractivity contribution is 0.0846. The topological polar surface area (TPSA) is 86.9 Å². The molecule has 0 bridgehead atoms. The molecule has 3 aromatic heterocycles. The first-order valence-electron chi connectivity index (χ1n) is 7.40. The van der Waals surface area contributed by atoms with Crippen molar-refractivity contribution in [2.75, 3.05) is 0 Å². The van der Waals surface area contributed by atoms with Crippen molar-refractivity contribution in [2.24, 2.45) is 0 Å². The molecule has 0 fully saturated rings. The number of fused-ring (bicyclic) bond motifs is 1. The number of thiazole rings is 1. The first-order chi connectivity index (χ1) is 12.2. The van der Waals surface area contributed by atoms with E-state index in [1.165, 1.54) is 11.3 Å². The number of amides is 2. The van der Waals surface area contributed by atoms with Crippen LogP contribution in [-0.2, 0) is 0 Å². The number of hydrogen-bond acceptors (Lipinski definition) is 5. The highest BCUT2D eigenvalue weighted by Crippen LogP contribution is 2.34. The molecule has 0 atom stereocenters. The summed E-state index contributed by atoms with van der Waals surface area (Å²) >= 11 is 2.92. The van der Waals surface area contributed by atoms with Gasteiger partial charge in [0.05, 0.1) is 20.0 Å². The maximum absolute atomic E-state index is 12.2.